The number of aliphatic hydroxyl groups is 1. The number of amides is 1. The fourth-order valence-corrected chi connectivity index (χ4v) is 4.75. The zero-order chi connectivity index (χ0) is 27.6. The van der Waals surface area contributed by atoms with Crippen molar-refractivity contribution in [3.05, 3.63) is 12.2 Å². The van der Waals surface area contributed by atoms with Crippen molar-refractivity contribution in [2.24, 2.45) is 0 Å². The van der Waals surface area contributed by atoms with Crippen LogP contribution in [0.4, 0.5) is 0 Å². The minimum Gasteiger partial charge on any atom is -0.387 e. The van der Waals surface area contributed by atoms with E-state index in [1.54, 1.807) is 6.08 Å². The molecule has 0 spiro atoms. The Bertz CT molecular complexity index is 595. The lowest BCUT2D eigenvalue weighted by molar-refractivity contribution is -0.123. The summed E-state index contributed by atoms with van der Waals surface area (Å²) in [6.45, 7) is 4.00. The summed E-state index contributed by atoms with van der Waals surface area (Å²) in [5, 5.41) is 13.2. The van der Waals surface area contributed by atoms with Crippen LogP contribution >= 0.6 is 7.82 Å². The van der Waals surface area contributed by atoms with E-state index in [4.69, 9.17) is 9.79 Å². The first-order valence-corrected chi connectivity index (χ1v) is 16.7. The first-order chi connectivity index (χ1) is 17.8. The van der Waals surface area contributed by atoms with Crippen LogP contribution in [0.25, 0.3) is 0 Å². The lowest BCUT2D eigenvalue weighted by Gasteiger charge is -2.22. The van der Waals surface area contributed by atoms with Gasteiger partial charge in [-0.05, 0) is 19.3 Å². The van der Waals surface area contributed by atoms with Gasteiger partial charge in [-0.25, -0.2) is 4.57 Å². The topological polar surface area (TPSA) is 116 Å². The second kappa shape index (κ2) is 25.6. The highest BCUT2D eigenvalue weighted by Gasteiger charge is 2.24. The highest BCUT2D eigenvalue weighted by Crippen LogP contribution is 2.35. The summed E-state index contributed by atoms with van der Waals surface area (Å²) in [5.41, 5.74) is 0. The molecule has 2 atom stereocenters. The molecule has 0 fully saturated rings. The fraction of sp³-hybridized carbons (Fsp3) is 0.897. The highest BCUT2D eigenvalue weighted by atomic mass is 31.2. The molecule has 220 valence electrons. The van der Waals surface area contributed by atoms with Gasteiger partial charge < -0.3 is 20.2 Å². The number of hydrogen-bond acceptors (Lipinski definition) is 4. The molecule has 0 aromatic carbocycles. The number of carbonyl (C=O) groups is 1. The largest absolute Gasteiger partial charge is 0.469 e. The quantitative estimate of drug-likeness (QED) is 0.0475. The van der Waals surface area contributed by atoms with E-state index < -0.39 is 26.6 Å². The summed E-state index contributed by atoms with van der Waals surface area (Å²) in [6.07, 6.45) is 26.6. The Balaban J connectivity index is 4.17. The van der Waals surface area contributed by atoms with E-state index >= 15 is 0 Å². The van der Waals surface area contributed by atoms with Crippen LogP contribution in [-0.4, -0.2) is 39.6 Å². The predicted octanol–water partition coefficient (Wildman–Crippen LogP) is 7.73. The molecular weight excluding hydrogens is 489 g/mol. The minimum absolute atomic E-state index is 0.231. The lowest BCUT2D eigenvalue weighted by atomic mass is 10.0. The lowest BCUT2D eigenvalue weighted by Crippen LogP contribution is -2.45. The molecule has 37 heavy (non-hydrogen) atoms. The number of aliphatic hydroxyl groups excluding tert-OH is 1. The Labute approximate surface area is 227 Å². The molecular formula is C29H58NO6P. The van der Waals surface area contributed by atoms with E-state index in [0.29, 0.717) is 6.42 Å². The van der Waals surface area contributed by atoms with E-state index in [0.717, 1.165) is 38.5 Å². The summed E-state index contributed by atoms with van der Waals surface area (Å²) >= 11 is 0. The van der Waals surface area contributed by atoms with Crippen LogP contribution in [0, 0.1) is 0 Å². The average Bonchev–Trinajstić information content (AvgIpc) is 2.85. The molecule has 0 unspecified atom stereocenters. The molecule has 8 heteroatoms. The SMILES string of the molecule is CCCCCCCCCC/C=C/[C@@H](O)[C@H](COP(=O)(O)O)NC(=O)CCCCCCCCCCCCC. The molecule has 0 saturated carbocycles. The summed E-state index contributed by atoms with van der Waals surface area (Å²) in [5.74, 6) is -0.231. The molecule has 0 aromatic rings. The Hall–Kier alpha value is -0.720. The van der Waals surface area contributed by atoms with Crippen molar-refractivity contribution < 1.29 is 28.8 Å². The van der Waals surface area contributed by atoms with Crippen LogP contribution in [0.1, 0.15) is 149 Å². The van der Waals surface area contributed by atoms with E-state index in [2.05, 4.69) is 23.7 Å². The molecule has 0 aliphatic heterocycles. The summed E-state index contributed by atoms with van der Waals surface area (Å²) in [7, 11) is -4.69. The third kappa shape index (κ3) is 26.7. The average molecular weight is 548 g/mol. The minimum atomic E-state index is -4.69. The zero-order valence-corrected chi connectivity index (χ0v) is 24.8. The van der Waals surface area contributed by atoms with Crippen molar-refractivity contribution >= 4 is 13.7 Å². The molecule has 0 saturated heterocycles. The second-order valence-corrected chi connectivity index (χ2v) is 11.7. The summed E-state index contributed by atoms with van der Waals surface area (Å²) in [6, 6.07) is -0.900. The normalized spacial score (nSPS) is 13.8. The van der Waals surface area contributed by atoms with E-state index in [-0.39, 0.29) is 5.91 Å². The van der Waals surface area contributed by atoms with Crippen LogP contribution in [0.5, 0.6) is 0 Å². The molecule has 0 bridgehead atoms. The van der Waals surface area contributed by atoms with Gasteiger partial charge in [-0.15, -0.1) is 0 Å². The van der Waals surface area contributed by atoms with Gasteiger partial charge >= 0.3 is 7.82 Å². The number of carbonyl (C=O) groups excluding carboxylic acids is 1. The number of phosphoric ester groups is 1. The van der Waals surface area contributed by atoms with E-state index in [9.17, 15) is 14.5 Å². The predicted molar refractivity (Wildman–Crippen MR) is 153 cm³/mol. The maximum atomic E-state index is 12.4. The fourth-order valence-electron chi connectivity index (χ4n) is 4.40. The Morgan fingerprint density at radius 1 is 0.757 bits per heavy atom. The van der Waals surface area contributed by atoms with Gasteiger partial charge in [0.1, 0.15) is 0 Å². The van der Waals surface area contributed by atoms with Gasteiger partial charge in [-0.1, -0.05) is 135 Å². The zero-order valence-electron chi connectivity index (χ0n) is 23.9. The number of hydrogen-bond donors (Lipinski definition) is 4. The molecule has 1 amide bonds. The van der Waals surface area contributed by atoms with Crippen LogP contribution < -0.4 is 5.32 Å². The van der Waals surface area contributed by atoms with Crippen molar-refractivity contribution in [1.82, 2.24) is 5.32 Å². The maximum Gasteiger partial charge on any atom is 0.469 e. The van der Waals surface area contributed by atoms with Crippen LogP contribution in [-0.2, 0) is 13.9 Å². The summed E-state index contributed by atoms with van der Waals surface area (Å²) < 4.78 is 15.7. The number of unbranched alkanes of at least 4 members (excludes halogenated alkanes) is 18. The standard InChI is InChI=1S/C29H58NO6P/c1-3-5-7-9-11-13-15-17-19-21-23-25-29(32)30-27(26-36-37(33,34)35)28(31)24-22-20-18-16-14-12-10-8-6-4-2/h22,24,27-28,31H,3-21,23,25-26H2,1-2H3,(H,30,32)(H2,33,34,35)/b24-22+/t27-,28+/m0/s1. The first-order valence-electron chi connectivity index (χ1n) is 15.1. The maximum absolute atomic E-state index is 12.4. The number of nitrogens with one attached hydrogen (secondary N) is 1. The smallest absolute Gasteiger partial charge is 0.387 e. The Kier molecular flexibility index (Phi) is 25.1. The van der Waals surface area contributed by atoms with Crippen molar-refractivity contribution in [1.29, 1.82) is 0 Å². The number of allylic oxidation sites excluding steroid dienone is 1. The third-order valence-electron chi connectivity index (χ3n) is 6.75. The van der Waals surface area contributed by atoms with Crippen LogP contribution in [0.3, 0.4) is 0 Å². The van der Waals surface area contributed by atoms with E-state index in [1.807, 2.05) is 6.08 Å². The molecule has 4 N–H and O–H groups in total. The Morgan fingerprint density at radius 3 is 1.65 bits per heavy atom. The van der Waals surface area contributed by atoms with Crippen LogP contribution in [0.15, 0.2) is 12.2 Å². The van der Waals surface area contributed by atoms with E-state index in [1.165, 1.54) is 89.9 Å². The molecule has 0 aliphatic carbocycles. The van der Waals surface area contributed by atoms with Crippen molar-refractivity contribution in [3.63, 3.8) is 0 Å². The summed E-state index contributed by atoms with van der Waals surface area (Å²) in [4.78, 5) is 30.5. The Morgan fingerprint density at radius 2 is 1.19 bits per heavy atom. The van der Waals surface area contributed by atoms with Gasteiger partial charge in [0.05, 0.1) is 18.8 Å². The molecule has 0 radical (unpaired) electrons. The van der Waals surface area contributed by atoms with Crippen LogP contribution in [0.2, 0.25) is 0 Å². The first kappa shape index (κ1) is 36.3. The van der Waals surface area contributed by atoms with Crippen molar-refractivity contribution in [3.8, 4) is 0 Å². The third-order valence-corrected chi connectivity index (χ3v) is 7.23. The highest BCUT2D eigenvalue weighted by molar-refractivity contribution is 7.46. The van der Waals surface area contributed by atoms with Crippen molar-refractivity contribution in [2.45, 2.75) is 161 Å². The molecule has 0 aliphatic rings. The van der Waals surface area contributed by atoms with Gasteiger partial charge in [0, 0.05) is 6.42 Å². The van der Waals surface area contributed by atoms with Gasteiger partial charge in [-0.2, -0.15) is 0 Å². The van der Waals surface area contributed by atoms with Gasteiger partial charge in [0.25, 0.3) is 0 Å². The van der Waals surface area contributed by atoms with Gasteiger partial charge in [0.2, 0.25) is 5.91 Å². The molecule has 7 nitrogen and oxygen atoms in total. The second-order valence-electron chi connectivity index (χ2n) is 10.4. The molecule has 0 aromatic heterocycles. The molecule has 0 rings (SSSR count). The van der Waals surface area contributed by atoms with Crippen molar-refractivity contribution in [2.75, 3.05) is 6.61 Å². The monoisotopic (exact) mass is 547 g/mol. The number of rotatable bonds is 27. The van der Waals surface area contributed by atoms with Gasteiger partial charge in [-0.3, -0.25) is 9.32 Å². The number of phosphoric acid groups is 1. The molecule has 0 heterocycles. The van der Waals surface area contributed by atoms with Gasteiger partial charge in [0.15, 0.2) is 0 Å².